The monoisotopic (exact) mass is 1200 g/mol. The number of rotatable bonds is 1. The quantitative estimate of drug-likeness (QED) is 0.215. The number of nitrogens with zero attached hydrogens (tertiary/aromatic N) is 9. The van der Waals surface area contributed by atoms with Crippen molar-refractivity contribution >= 4 is 34.3 Å². The van der Waals surface area contributed by atoms with E-state index in [1.54, 1.807) is 0 Å². The molecule has 3 aromatic heterocycles. The molecule has 0 atom stereocenters. The van der Waals surface area contributed by atoms with Crippen LogP contribution in [-0.2, 0) is 79.6 Å². The summed E-state index contributed by atoms with van der Waals surface area (Å²) in [5.74, 6) is 0. The van der Waals surface area contributed by atoms with Gasteiger partial charge in [0, 0.05) is 0 Å². The van der Waals surface area contributed by atoms with E-state index < -0.39 is 0 Å². The third-order valence-corrected chi connectivity index (χ3v) is 9.58. The minimum absolute atomic E-state index is 0. The fourth-order valence-electron chi connectivity index (χ4n) is 6.09. The Morgan fingerprint density at radius 3 is 0.696 bits per heavy atom. The molecule has 24 heteroatoms. The topological polar surface area (TPSA) is 168 Å². The molecule has 0 N–H and O–H groups in total. The van der Waals surface area contributed by atoms with Crippen LogP contribution in [0.2, 0.25) is 0 Å². The first-order valence-electron chi connectivity index (χ1n) is 20.8. The summed E-state index contributed by atoms with van der Waals surface area (Å²) in [5, 5.41) is 0. The van der Waals surface area contributed by atoms with E-state index in [1.807, 2.05) is 59.7 Å². The second-order valence-corrected chi connectivity index (χ2v) is 14.1. The largest absolute Gasteiger partial charge is 2.00 e. The Morgan fingerprint density at radius 1 is 0.290 bits per heavy atom. The summed E-state index contributed by atoms with van der Waals surface area (Å²) in [4.78, 5) is 42.3. The van der Waals surface area contributed by atoms with Crippen LogP contribution in [0, 0.1) is 0 Å². The van der Waals surface area contributed by atoms with Crippen LogP contribution in [0.3, 0.4) is 0 Å². The number of ether oxygens (including phenoxy) is 6. The summed E-state index contributed by atoms with van der Waals surface area (Å²) in [6.07, 6.45) is 0. The van der Waals surface area contributed by atoms with E-state index in [2.05, 4.69) is 39.2 Å². The average Bonchev–Trinajstić information content (AvgIpc) is 3.27. The maximum atomic E-state index is 5.64. The van der Waals surface area contributed by atoms with Gasteiger partial charge in [-0.15, -0.1) is 0 Å². The molecule has 15 nitrogen and oxygen atoms in total. The van der Waals surface area contributed by atoms with Gasteiger partial charge < -0.3 is 103 Å². The van der Waals surface area contributed by atoms with Crippen LogP contribution < -0.4 is 74.4 Å². The summed E-state index contributed by atoms with van der Waals surface area (Å²) >= 11 is 0. The first-order valence-corrected chi connectivity index (χ1v) is 20.8. The maximum absolute atomic E-state index is 5.64. The third kappa shape index (κ3) is 28.0. The van der Waals surface area contributed by atoms with Gasteiger partial charge in [-0.3, -0.25) is 30.0 Å². The molecule has 3 aromatic rings. The van der Waals surface area contributed by atoms with Crippen molar-refractivity contribution in [2.45, 2.75) is 41.5 Å². The first kappa shape index (κ1) is 76.4. The SMILES string of the molecule is CC1=NCCOCCOCCN=C(C)c2cc(-c3cc4nc(c3)C(C)=NCCOCCOCCN=C4C)cc1n2.CC1=NCCOCCOCCN=C(C)c2cccc1n2.[Cl-].[Cl-].[Cl-].[Cl-].[Cl-].[Cl-].[Mn+2].[Mn+2].[Mn+2]. The van der Waals surface area contributed by atoms with Crippen molar-refractivity contribution in [2.75, 3.05) is 119 Å². The van der Waals surface area contributed by atoms with Crippen molar-refractivity contribution in [3.63, 3.8) is 0 Å². The predicted octanol–water partition coefficient (Wildman–Crippen LogP) is -12.8. The molecule has 0 aliphatic carbocycles. The van der Waals surface area contributed by atoms with E-state index in [9.17, 15) is 0 Å². The van der Waals surface area contributed by atoms with Gasteiger partial charge in [-0.1, -0.05) is 6.07 Å². The van der Waals surface area contributed by atoms with Gasteiger partial charge in [0.05, 0.1) is 187 Å². The zero-order valence-electron chi connectivity index (χ0n) is 39.6. The van der Waals surface area contributed by atoms with E-state index >= 15 is 0 Å². The molecule has 0 spiro atoms. The van der Waals surface area contributed by atoms with Gasteiger partial charge >= 0.3 is 51.2 Å². The fourth-order valence-corrected chi connectivity index (χ4v) is 6.09. The second-order valence-electron chi connectivity index (χ2n) is 14.1. The van der Waals surface area contributed by atoms with Crippen molar-refractivity contribution in [1.29, 1.82) is 0 Å². The van der Waals surface area contributed by atoms with Crippen molar-refractivity contribution in [3.8, 4) is 11.1 Å². The minimum Gasteiger partial charge on any atom is -1.00 e. The summed E-state index contributed by atoms with van der Waals surface area (Å²) in [6, 6.07) is 14.2. The number of aromatic nitrogens is 3. The minimum atomic E-state index is 0. The summed E-state index contributed by atoms with van der Waals surface area (Å²) in [7, 11) is 0. The van der Waals surface area contributed by atoms with Crippen LogP contribution in [0.4, 0.5) is 0 Å². The third-order valence-electron chi connectivity index (χ3n) is 9.58. The van der Waals surface area contributed by atoms with Crippen LogP contribution in [0.15, 0.2) is 72.4 Å². The molecular formula is C45H61Cl6Mn3N9O6. The number of fused-ring (bicyclic) bond motifs is 6. The van der Waals surface area contributed by atoms with Crippen LogP contribution in [0.1, 0.15) is 75.7 Å². The molecule has 0 amide bonds. The van der Waals surface area contributed by atoms with E-state index in [0.717, 1.165) is 79.6 Å². The summed E-state index contributed by atoms with van der Waals surface area (Å²) in [5.41, 5.74) is 12.2. The van der Waals surface area contributed by atoms with Crippen molar-refractivity contribution < 1.29 is 154 Å². The van der Waals surface area contributed by atoms with Crippen LogP contribution in [-0.4, -0.2) is 168 Å². The van der Waals surface area contributed by atoms with Crippen molar-refractivity contribution in [1.82, 2.24) is 15.0 Å². The van der Waals surface area contributed by atoms with Gasteiger partial charge in [0.1, 0.15) is 0 Å². The predicted molar refractivity (Wildman–Crippen MR) is 239 cm³/mol. The van der Waals surface area contributed by atoms with Gasteiger partial charge in [-0.2, -0.15) is 0 Å². The van der Waals surface area contributed by atoms with E-state index in [4.69, 9.17) is 58.4 Å². The molecule has 0 fully saturated rings. The Bertz CT molecular complexity index is 1850. The van der Waals surface area contributed by atoms with Crippen LogP contribution in [0.25, 0.3) is 11.1 Å². The zero-order valence-corrected chi connectivity index (χ0v) is 47.7. The average molecular weight is 1200 g/mol. The number of aliphatic imine (C=N–C) groups is 6. The van der Waals surface area contributed by atoms with E-state index in [1.165, 1.54) is 0 Å². The van der Waals surface area contributed by atoms with Crippen LogP contribution >= 0.6 is 0 Å². The number of hydrogen-bond donors (Lipinski definition) is 0. The number of pyridine rings is 3. The van der Waals surface area contributed by atoms with Crippen molar-refractivity contribution in [2.24, 2.45) is 30.0 Å². The molecule has 0 saturated carbocycles. The van der Waals surface area contributed by atoms with E-state index in [0.29, 0.717) is 119 Å². The molecule has 0 aromatic carbocycles. The molecule has 3 aliphatic heterocycles. The van der Waals surface area contributed by atoms with Crippen molar-refractivity contribution in [3.05, 3.63) is 76.6 Å². The fraction of sp³-hybridized carbons (Fsp3) is 0.533. The van der Waals surface area contributed by atoms with E-state index in [-0.39, 0.29) is 126 Å². The number of halogens is 6. The smallest absolute Gasteiger partial charge is 1.00 e. The van der Waals surface area contributed by atoms with Gasteiger partial charge in [0.25, 0.3) is 0 Å². The van der Waals surface area contributed by atoms with Gasteiger partial charge in [0.15, 0.2) is 0 Å². The molecular weight excluding hydrogens is 1140 g/mol. The molecule has 3 aliphatic rings. The Balaban J connectivity index is -0.000000408. The Kier molecular flexibility index (Phi) is 48.8. The zero-order chi connectivity index (χ0) is 42.4. The Labute approximate surface area is 477 Å². The summed E-state index contributed by atoms with van der Waals surface area (Å²) < 4.78 is 33.4. The molecule has 0 unspecified atom stereocenters. The normalized spacial score (nSPS) is 16.4. The Hall–Kier alpha value is -1.47. The molecule has 0 saturated heterocycles. The second kappa shape index (κ2) is 44.1. The molecule has 3 radical (unpaired) electrons. The summed E-state index contributed by atoms with van der Waals surface area (Å²) in [6.45, 7) is 22.1. The van der Waals surface area contributed by atoms with Gasteiger partial charge in [0.2, 0.25) is 0 Å². The molecule has 6 bridgehead atoms. The van der Waals surface area contributed by atoms with Gasteiger partial charge in [-0.25, -0.2) is 15.0 Å². The first-order chi connectivity index (χ1) is 29.3. The van der Waals surface area contributed by atoms with Crippen LogP contribution in [0.5, 0.6) is 0 Å². The molecule has 6 rings (SSSR count). The number of hydrogen-bond acceptors (Lipinski definition) is 15. The standard InChI is InChI=1S/C30H40N6O4.C15H21N3O2.6ClH.3Mn/c1-21-27-17-25(18-28(35-27)22(2)32-6-10-38-14-13-37-9-5-31-21)26-19-29-23(3)33-7-11-39-15-16-40-12-8-34-24(4)30(20-26)36-29;1-12-14-4-3-5-15(18-14)13(2)17-7-9-20-11-10-19-8-6-16-12;;;;;;;;;/h17-20H,5-16H2,1-4H3;3-5H,6-11H2,1-2H3;6*1H;;;/q;;;;;;;;3*+2/p-6. The molecule has 6 heterocycles. The molecule has 69 heavy (non-hydrogen) atoms. The molecule has 385 valence electrons. The maximum Gasteiger partial charge on any atom is 2.00 e. The van der Waals surface area contributed by atoms with Gasteiger partial charge in [-0.05, 0) is 89.1 Å². The Morgan fingerprint density at radius 2 is 0.478 bits per heavy atom.